The van der Waals surface area contributed by atoms with Gasteiger partial charge in [-0.25, -0.2) is 14.4 Å². The molecule has 0 fully saturated rings. The average Bonchev–Trinajstić information content (AvgIpc) is 2.84. The Labute approximate surface area is 206 Å². The van der Waals surface area contributed by atoms with Gasteiger partial charge in [-0.15, -0.1) is 5.10 Å². The van der Waals surface area contributed by atoms with E-state index in [0.717, 1.165) is 16.5 Å². The van der Waals surface area contributed by atoms with Gasteiger partial charge >= 0.3 is 0 Å². The van der Waals surface area contributed by atoms with Crippen molar-refractivity contribution in [3.05, 3.63) is 89.0 Å². The summed E-state index contributed by atoms with van der Waals surface area (Å²) in [5, 5.41) is 12.3. The van der Waals surface area contributed by atoms with Crippen LogP contribution in [0.3, 0.4) is 0 Å². The van der Waals surface area contributed by atoms with Crippen molar-refractivity contribution in [1.29, 1.82) is 0 Å². The molecule has 0 radical (unpaired) electrons. The van der Waals surface area contributed by atoms with E-state index < -0.39 is 0 Å². The van der Waals surface area contributed by atoms with Gasteiger partial charge in [0.25, 0.3) is 0 Å². The van der Waals surface area contributed by atoms with Crippen LogP contribution in [0.2, 0.25) is 5.02 Å². The van der Waals surface area contributed by atoms with Gasteiger partial charge in [-0.1, -0.05) is 29.8 Å². The predicted molar refractivity (Wildman–Crippen MR) is 136 cm³/mol. The molecule has 0 amide bonds. The highest BCUT2D eigenvalue weighted by Gasteiger charge is 2.08. The lowest BCUT2D eigenvalue weighted by atomic mass is 10.1. The minimum Gasteiger partial charge on any atom is -0.487 e. The molecule has 8 nitrogen and oxygen atoms in total. The molecular formula is C25H22ClFN6O2. The Morgan fingerprint density at radius 1 is 1.14 bits per heavy atom. The van der Waals surface area contributed by atoms with E-state index in [4.69, 9.17) is 26.8 Å². The summed E-state index contributed by atoms with van der Waals surface area (Å²) in [5.74, 6) is 1.04. The average molecular weight is 493 g/mol. The van der Waals surface area contributed by atoms with Gasteiger partial charge in [0, 0.05) is 18.2 Å². The molecule has 0 aliphatic rings. The summed E-state index contributed by atoms with van der Waals surface area (Å²) in [5.41, 5.74) is 8.64. The summed E-state index contributed by atoms with van der Waals surface area (Å²) in [6, 6.07) is 17.1. The summed E-state index contributed by atoms with van der Waals surface area (Å²) in [7, 11) is 1.53. The Balaban J connectivity index is 1.51. The third kappa shape index (κ3) is 6.50. The van der Waals surface area contributed by atoms with Gasteiger partial charge in [-0.3, -0.25) is 0 Å². The second kappa shape index (κ2) is 11.4. The normalized spacial score (nSPS) is 11.8. The predicted octanol–water partition coefficient (Wildman–Crippen LogP) is 5.08. The number of hydrogen-bond donors (Lipinski definition) is 2. The number of ether oxygens (including phenoxy) is 2. The molecule has 1 aromatic heterocycles. The zero-order chi connectivity index (χ0) is 24.6. The first-order chi connectivity index (χ1) is 17.0. The fourth-order valence-electron chi connectivity index (χ4n) is 3.22. The molecule has 4 aromatic rings. The molecule has 4 rings (SSSR count). The highest BCUT2D eigenvalue weighted by Crippen LogP contribution is 2.31. The molecule has 10 heteroatoms. The van der Waals surface area contributed by atoms with Crippen LogP contribution in [0.25, 0.3) is 10.9 Å². The van der Waals surface area contributed by atoms with Crippen molar-refractivity contribution in [3.8, 4) is 5.75 Å². The van der Waals surface area contributed by atoms with Crippen LogP contribution in [0.1, 0.15) is 11.1 Å². The highest BCUT2D eigenvalue weighted by molar-refractivity contribution is 6.32. The first-order valence-corrected chi connectivity index (χ1v) is 10.9. The fourth-order valence-corrected chi connectivity index (χ4v) is 3.46. The van der Waals surface area contributed by atoms with Crippen molar-refractivity contribution in [1.82, 2.24) is 9.97 Å². The quantitative estimate of drug-likeness (QED) is 0.191. The van der Waals surface area contributed by atoms with Crippen molar-refractivity contribution < 1.29 is 13.9 Å². The lowest BCUT2D eigenvalue weighted by Crippen LogP contribution is -2.17. The molecule has 1 heterocycles. The summed E-state index contributed by atoms with van der Waals surface area (Å²) < 4.78 is 24.0. The smallest absolute Gasteiger partial charge is 0.148 e. The van der Waals surface area contributed by atoms with Gasteiger partial charge in [-0.2, -0.15) is 5.10 Å². The minimum atomic E-state index is -0.314. The van der Waals surface area contributed by atoms with Gasteiger partial charge in [0.2, 0.25) is 0 Å². The number of nitrogens with zero attached hydrogens (tertiary/aromatic N) is 4. The number of nitrogens with two attached hydrogens (primary N) is 1. The number of fused-ring (bicyclic) bond motifs is 1. The Bertz CT molecular complexity index is 1400. The topological polar surface area (TPSA) is 107 Å². The number of halogens is 2. The molecule has 0 aliphatic heterocycles. The maximum Gasteiger partial charge on any atom is 0.148 e. The largest absolute Gasteiger partial charge is 0.487 e. The molecule has 0 saturated carbocycles. The van der Waals surface area contributed by atoms with Gasteiger partial charge in [-0.05, 0) is 53.6 Å². The maximum absolute atomic E-state index is 13.4. The van der Waals surface area contributed by atoms with Crippen LogP contribution in [0, 0.1) is 5.82 Å². The first-order valence-electron chi connectivity index (χ1n) is 10.5. The van der Waals surface area contributed by atoms with E-state index in [2.05, 4.69) is 25.5 Å². The van der Waals surface area contributed by atoms with Crippen LogP contribution < -0.4 is 15.8 Å². The van der Waals surface area contributed by atoms with E-state index in [1.807, 2.05) is 24.3 Å². The molecule has 178 valence electrons. The van der Waals surface area contributed by atoms with Crippen molar-refractivity contribution in [3.63, 3.8) is 0 Å². The van der Waals surface area contributed by atoms with E-state index in [1.165, 1.54) is 25.6 Å². The molecule has 35 heavy (non-hydrogen) atoms. The molecule has 0 unspecified atom stereocenters. The SMILES string of the molecule is COCC(N)=N/N=C\c1ccc2ncnc(Nc3ccc(OCc4cccc(F)c4)c(Cl)c3)c2c1. The zero-order valence-electron chi connectivity index (χ0n) is 18.8. The second-order valence-electron chi connectivity index (χ2n) is 7.46. The van der Waals surface area contributed by atoms with E-state index in [-0.39, 0.29) is 24.9 Å². The van der Waals surface area contributed by atoms with Crippen LogP contribution in [0.15, 0.2) is 77.2 Å². The molecule has 0 bridgehead atoms. The molecule has 0 atom stereocenters. The van der Waals surface area contributed by atoms with Crippen LogP contribution >= 0.6 is 11.6 Å². The number of benzene rings is 3. The van der Waals surface area contributed by atoms with Crippen molar-refractivity contribution in [2.75, 3.05) is 19.0 Å². The van der Waals surface area contributed by atoms with Crippen LogP contribution in [0.5, 0.6) is 5.75 Å². The lowest BCUT2D eigenvalue weighted by molar-refractivity contribution is 0.244. The number of anilines is 2. The van der Waals surface area contributed by atoms with Crippen LogP contribution in [-0.2, 0) is 11.3 Å². The Kier molecular flexibility index (Phi) is 7.81. The number of methoxy groups -OCH3 is 1. The Morgan fingerprint density at radius 3 is 2.83 bits per heavy atom. The molecule has 0 spiro atoms. The number of amidine groups is 1. The van der Waals surface area contributed by atoms with Gasteiger partial charge < -0.3 is 20.5 Å². The summed E-state index contributed by atoms with van der Waals surface area (Å²) in [4.78, 5) is 8.69. The second-order valence-corrected chi connectivity index (χ2v) is 7.86. The standard InChI is InChI=1S/C25H22ClFN6O2/c1-34-14-24(28)33-31-12-16-5-7-22-20(10-16)25(30-15-29-22)32-19-6-8-23(21(26)11-19)35-13-17-3-2-4-18(27)9-17/h2-12,15H,13-14H2,1H3,(H2,28,33)(H,29,30,32)/b31-12-. The molecular weight excluding hydrogens is 471 g/mol. The van der Waals surface area contributed by atoms with Gasteiger partial charge in [0.1, 0.15) is 42.8 Å². The van der Waals surface area contributed by atoms with E-state index in [1.54, 1.807) is 30.5 Å². The van der Waals surface area contributed by atoms with E-state index in [0.29, 0.717) is 27.8 Å². The summed E-state index contributed by atoms with van der Waals surface area (Å²) in [6.45, 7) is 0.403. The Hall–Kier alpha value is -4.08. The van der Waals surface area contributed by atoms with Crippen LogP contribution in [-0.4, -0.2) is 35.7 Å². The lowest BCUT2D eigenvalue weighted by Gasteiger charge is -2.12. The van der Waals surface area contributed by atoms with Crippen molar-refractivity contribution in [2.24, 2.45) is 15.9 Å². The van der Waals surface area contributed by atoms with Crippen molar-refractivity contribution >= 4 is 46.1 Å². The zero-order valence-corrected chi connectivity index (χ0v) is 19.5. The van der Waals surface area contributed by atoms with E-state index >= 15 is 0 Å². The Morgan fingerprint density at radius 2 is 2.03 bits per heavy atom. The number of aromatic nitrogens is 2. The van der Waals surface area contributed by atoms with Crippen LogP contribution in [0.4, 0.5) is 15.9 Å². The monoisotopic (exact) mass is 492 g/mol. The minimum absolute atomic E-state index is 0.201. The van der Waals surface area contributed by atoms with Gasteiger partial charge in [0.15, 0.2) is 0 Å². The molecule has 0 aliphatic carbocycles. The molecule has 3 N–H and O–H groups in total. The highest BCUT2D eigenvalue weighted by atomic mass is 35.5. The molecule has 3 aromatic carbocycles. The fraction of sp³-hybridized carbons (Fsp3) is 0.120. The van der Waals surface area contributed by atoms with Gasteiger partial charge in [0.05, 0.1) is 16.8 Å². The van der Waals surface area contributed by atoms with E-state index in [9.17, 15) is 4.39 Å². The summed E-state index contributed by atoms with van der Waals surface area (Å²) in [6.07, 6.45) is 3.06. The summed E-state index contributed by atoms with van der Waals surface area (Å²) >= 11 is 6.42. The maximum atomic E-state index is 13.4. The number of nitrogens with one attached hydrogen (secondary N) is 1. The third-order valence-corrected chi connectivity index (χ3v) is 5.12. The number of hydrogen-bond acceptors (Lipinski definition) is 7. The third-order valence-electron chi connectivity index (χ3n) is 4.82. The number of rotatable bonds is 9. The van der Waals surface area contributed by atoms with Crippen molar-refractivity contribution in [2.45, 2.75) is 6.61 Å². The first kappa shape index (κ1) is 24.1. The molecule has 0 saturated heterocycles.